The van der Waals surface area contributed by atoms with Gasteiger partial charge < -0.3 is 5.32 Å². The van der Waals surface area contributed by atoms with Crippen LogP contribution in [0.4, 0.5) is 5.69 Å². The van der Waals surface area contributed by atoms with E-state index < -0.39 is 0 Å². The first-order valence-electron chi connectivity index (χ1n) is 4.49. The number of thioether (sulfide) groups is 1. The quantitative estimate of drug-likeness (QED) is 0.809. The SMILES string of the molecule is O=C(Nc1ccc(Br)nc1)C1CSCN1. The fourth-order valence-electron chi connectivity index (χ4n) is 1.24. The Morgan fingerprint density at radius 2 is 2.53 bits per heavy atom. The van der Waals surface area contributed by atoms with Crippen LogP contribution in [0.5, 0.6) is 0 Å². The summed E-state index contributed by atoms with van der Waals surface area (Å²) in [6, 6.07) is 3.53. The predicted molar refractivity (Wildman–Crippen MR) is 64.8 cm³/mol. The second-order valence-electron chi connectivity index (χ2n) is 3.13. The fourth-order valence-corrected chi connectivity index (χ4v) is 2.42. The molecule has 15 heavy (non-hydrogen) atoms. The molecule has 0 aliphatic carbocycles. The lowest BCUT2D eigenvalue weighted by Gasteiger charge is -2.09. The third kappa shape index (κ3) is 2.93. The number of hydrogen-bond acceptors (Lipinski definition) is 4. The minimum atomic E-state index is -0.0846. The molecule has 2 heterocycles. The molecule has 0 radical (unpaired) electrons. The lowest BCUT2D eigenvalue weighted by Crippen LogP contribution is -2.37. The van der Waals surface area contributed by atoms with Crippen LogP contribution in [0.3, 0.4) is 0 Å². The second kappa shape index (κ2) is 4.96. The number of amides is 1. The number of anilines is 1. The molecule has 80 valence electrons. The molecule has 2 rings (SSSR count). The van der Waals surface area contributed by atoms with Crippen LogP contribution in [0.15, 0.2) is 22.9 Å². The number of carbonyl (C=O) groups is 1. The number of halogens is 1. The van der Waals surface area contributed by atoms with Crippen LogP contribution in [-0.2, 0) is 4.79 Å². The topological polar surface area (TPSA) is 54.0 Å². The maximum absolute atomic E-state index is 11.7. The Balaban J connectivity index is 1.96. The highest BCUT2D eigenvalue weighted by Gasteiger charge is 2.22. The first-order chi connectivity index (χ1) is 7.25. The molecule has 1 aliphatic rings. The highest BCUT2D eigenvalue weighted by Crippen LogP contribution is 2.13. The van der Waals surface area contributed by atoms with Crippen molar-refractivity contribution < 1.29 is 4.79 Å². The number of carbonyl (C=O) groups excluding carboxylic acids is 1. The van der Waals surface area contributed by atoms with Crippen LogP contribution in [0.2, 0.25) is 0 Å². The van der Waals surface area contributed by atoms with E-state index >= 15 is 0 Å². The van der Waals surface area contributed by atoms with Crippen molar-refractivity contribution >= 4 is 39.3 Å². The normalized spacial score (nSPS) is 20.2. The highest BCUT2D eigenvalue weighted by molar-refractivity contribution is 9.10. The van der Waals surface area contributed by atoms with Crippen molar-refractivity contribution in [2.45, 2.75) is 6.04 Å². The van der Waals surface area contributed by atoms with Crippen LogP contribution in [0.1, 0.15) is 0 Å². The van der Waals surface area contributed by atoms with Crippen molar-refractivity contribution in [1.29, 1.82) is 0 Å². The molecule has 1 fully saturated rings. The molecular weight excluding hydrogens is 278 g/mol. The maximum Gasteiger partial charge on any atom is 0.242 e. The summed E-state index contributed by atoms with van der Waals surface area (Å²) in [6.45, 7) is 0. The molecule has 0 aromatic carbocycles. The third-order valence-corrected chi connectivity index (χ3v) is 3.44. The van der Waals surface area contributed by atoms with Crippen LogP contribution in [0.25, 0.3) is 0 Å². The molecule has 0 saturated carbocycles. The lowest BCUT2D eigenvalue weighted by molar-refractivity contribution is -0.117. The molecule has 1 atom stereocenters. The van der Waals surface area contributed by atoms with Crippen molar-refractivity contribution in [2.24, 2.45) is 0 Å². The standard InChI is InChI=1S/C9H10BrN3OS/c10-8-2-1-6(3-11-8)13-9(14)7-4-15-5-12-7/h1-3,7,12H,4-5H2,(H,13,14). The Hall–Kier alpha value is -0.590. The van der Waals surface area contributed by atoms with Crippen LogP contribution in [0, 0.1) is 0 Å². The number of hydrogen-bond donors (Lipinski definition) is 2. The van der Waals surface area contributed by atoms with Gasteiger partial charge in [0.05, 0.1) is 17.9 Å². The smallest absolute Gasteiger partial charge is 0.242 e. The van der Waals surface area contributed by atoms with Crippen molar-refractivity contribution in [2.75, 3.05) is 16.9 Å². The van der Waals surface area contributed by atoms with Gasteiger partial charge >= 0.3 is 0 Å². The van der Waals surface area contributed by atoms with E-state index in [9.17, 15) is 4.79 Å². The number of aromatic nitrogens is 1. The summed E-state index contributed by atoms with van der Waals surface area (Å²) in [5.41, 5.74) is 0.724. The summed E-state index contributed by atoms with van der Waals surface area (Å²) in [7, 11) is 0. The van der Waals surface area contributed by atoms with E-state index in [1.807, 2.05) is 6.07 Å². The molecule has 1 saturated heterocycles. The van der Waals surface area contributed by atoms with E-state index in [1.165, 1.54) is 0 Å². The molecule has 1 aromatic rings. The Bertz CT molecular complexity index is 351. The molecule has 1 unspecified atom stereocenters. The zero-order valence-electron chi connectivity index (χ0n) is 7.87. The van der Waals surface area contributed by atoms with E-state index in [0.29, 0.717) is 0 Å². The molecular formula is C9H10BrN3OS. The van der Waals surface area contributed by atoms with E-state index in [1.54, 1.807) is 24.0 Å². The summed E-state index contributed by atoms with van der Waals surface area (Å²) in [4.78, 5) is 15.7. The van der Waals surface area contributed by atoms with Gasteiger partial charge in [-0.1, -0.05) is 0 Å². The van der Waals surface area contributed by atoms with Crippen molar-refractivity contribution in [3.8, 4) is 0 Å². The van der Waals surface area contributed by atoms with Gasteiger partial charge in [0.2, 0.25) is 5.91 Å². The molecule has 1 aromatic heterocycles. The zero-order chi connectivity index (χ0) is 10.7. The third-order valence-electron chi connectivity index (χ3n) is 2.03. The molecule has 1 aliphatic heterocycles. The molecule has 1 amide bonds. The average molecular weight is 288 g/mol. The highest BCUT2D eigenvalue weighted by atomic mass is 79.9. The Labute approximate surface area is 100 Å². The van der Waals surface area contributed by atoms with Crippen molar-refractivity contribution in [3.63, 3.8) is 0 Å². The van der Waals surface area contributed by atoms with Gasteiger partial charge in [0.15, 0.2) is 0 Å². The van der Waals surface area contributed by atoms with Gasteiger partial charge in [-0.2, -0.15) is 0 Å². The van der Waals surface area contributed by atoms with Gasteiger partial charge in [-0.05, 0) is 28.1 Å². The first kappa shape index (κ1) is 10.9. The van der Waals surface area contributed by atoms with Gasteiger partial charge in [0, 0.05) is 11.6 Å². The fraction of sp³-hybridized carbons (Fsp3) is 0.333. The lowest BCUT2D eigenvalue weighted by atomic mass is 10.3. The largest absolute Gasteiger partial charge is 0.323 e. The monoisotopic (exact) mass is 287 g/mol. The second-order valence-corrected chi connectivity index (χ2v) is 4.97. The van der Waals surface area contributed by atoms with Gasteiger partial charge in [-0.25, -0.2) is 4.98 Å². The van der Waals surface area contributed by atoms with Gasteiger partial charge in [-0.3, -0.25) is 10.1 Å². The van der Waals surface area contributed by atoms with E-state index in [0.717, 1.165) is 21.9 Å². The molecule has 4 nitrogen and oxygen atoms in total. The van der Waals surface area contributed by atoms with E-state index in [4.69, 9.17) is 0 Å². The molecule has 6 heteroatoms. The zero-order valence-corrected chi connectivity index (χ0v) is 10.3. The van der Waals surface area contributed by atoms with Crippen LogP contribution in [-0.4, -0.2) is 28.6 Å². The minimum Gasteiger partial charge on any atom is -0.323 e. The van der Waals surface area contributed by atoms with E-state index in [-0.39, 0.29) is 11.9 Å². The first-order valence-corrected chi connectivity index (χ1v) is 6.44. The van der Waals surface area contributed by atoms with Gasteiger partial charge in [0.1, 0.15) is 4.60 Å². The summed E-state index contributed by atoms with van der Waals surface area (Å²) in [6.07, 6.45) is 1.63. The minimum absolute atomic E-state index is 0.00382. The number of nitrogens with zero attached hydrogens (tertiary/aromatic N) is 1. The van der Waals surface area contributed by atoms with Crippen molar-refractivity contribution in [1.82, 2.24) is 10.3 Å². The number of nitrogens with one attached hydrogen (secondary N) is 2. The predicted octanol–water partition coefficient (Wildman–Crippen LogP) is 1.45. The summed E-state index contributed by atoms with van der Waals surface area (Å²) in [5.74, 6) is 1.68. The number of rotatable bonds is 2. The van der Waals surface area contributed by atoms with E-state index in [2.05, 4.69) is 31.5 Å². The van der Waals surface area contributed by atoms with Gasteiger partial charge in [0.25, 0.3) is 0 Å². The summed E-state index contributed by atoms with van der Waals surface area (Å²) < 4.78 is 0.759. The van der Waals surface area contributed by atoms with Crippen molar-refractivity contribution in [3.05, 3.63) is 22.9 Å². The Morgan fingerprint density at radius 1 is 1.67 bits per heavy atom. The Morgan fingerprint density at radius 3 is 3.13 bits per heavy atom. The summed E-state index contributed by atoms with van der Waals surface area (Å²) >= 11 is 4.97. The number of pyridine rings is 1. The van der Waals surface area contributed by atoms with Crippen LogP contribution < -0.4 is 10.6 Å². The summed E-state index contributed by atoms with van der Waals surface area (Å²) in [5, 5.41) is 5.92. The molecule has 0 bridgehead atoms. The Kier molecular flexibility index (Phi) is 3.61. The maximum atomic E-state index is 11.7. The average Bonchev–Trinajstić information content (AvgIpc) is 2.74. The van der Waals surface area contributed by atoms with Crippen LogP contribution >= 0.6 is 27.7 Å². The van der Waals surface area contributed by atoms with Gasteiger partial charge in [-0.15, -0.1) is 11.8 Å². The molecule has 0 spiro atoms. The molecule has 2 N–H and O–H groups in total.